The second-order valence-electron chi connectivity index (χ2n) is 7.72. The second-order valence-corrected chi connectivity index (χ2v) is 8.60. The topological polar surface area (TPSA) is 71.1 Å². The van der Waals surface area contributed by atoms with Gasteiger partial charge in [0.05, 0.1) is 20.8 Å². The number of hydrogen-bond acceptors (Lipinski definition) is 7. The fourth-order valence-electron chi connectivity index (χ4n) is 3.91. The van der Waals surface area contributed by atoms with Crippen LogP contribution in [0.4, 0.5) is 10.7 Å². The molecule has 1 fully saturated rings. The Hall–Kier alpha value is -3.36. The number of carbonyl (C=O) groups excluding carboxylic acids is 2. The van der Waals surface area contributed by atoms with Crippen molar-refractivity contribution in [3.8, 4) is 16.9 Å². The van der Waals surface area contributed by atoms with Gasteiger partial charge in [-0.15, -0.1) is 11.3 Å². The number of anilines is 2. The SMILES string of the molecule is COC(=O)c1c(-c2ccccc2)csc1NC(=O)CN1CCN(c2ccc(OC)cc2)CC1. The van der Waals surface area contributed by atoms with Crippen molar-refractivity contribution in [1.29, 1.82) is 0 Å². The van der Waals surface area contributed by atoms with Crippen LogP contribution in [0.25, 0.3) is 11.1 Å². The molecule has 8 heteroatoms. The Morgan fingerprint density at radius 1 is 0.970 bits per heavy atom. The first-order chi connectivity index (χ1) is 16.1. The zero-order valence-electron chi connectivity index (χ0n) is 18.7. The third-order valence-electron chi connectivity index (χ3n) is 5.70. The molecule has 0 radical (unpaired) electrons. The summed E-state index contributed by atoms with van der Waals surface area (Å²) < 4.78 is 10.2. The van der Waals surface area contributed by atoms with E-state index in [0.717, 1.165) is 48.7 Å². The Labute approximate surface area is 197 Å². The highest BCUT2D eigenvalue weighted by Gasteiger charge is 2.24. The largest absolute Gasteiger partial charge is 0.497 e. The van der Waals surface area contributed by atoms with E-state index >= 15 is 0 Å². The molecule has 4 rings (SSSR count). The number of benzene rings is 2. The number of esters is 1. The number of methoxy groups -OCH3 is 2. The predicted octanol–water partition coefficient (Wildman–Crippen LogP) is 3.97. The lowest BCUT2D eigenvalue weighted by molar-refractivity contribution is -0.117. The molecule has 0 aliphatic carbocycles. The highest BCUT2D eigenvalue weighted by molar-refractivity contribution is 7.15. The Bertz CT molecular complexity index is 1090. The van der Waals surface area contributed by atoms with E-state index in [1.807, 2.05) is 47.8 Å². The van der Waals surface area contributed by atoms with Gasteiger partial charge in [-0.05, 0) is 29.8 Å². The molecular weight excluding hydrogens is 438 g/mol. The zero-order valence-corrected chi connectivity index (χ0v) is 19.6. The molecule has 0 unspecified atom stereocenters. The van der Waals surface area contributed by atoms with Crippen LogP contribution >= 0.6 is 11.3 Å². The third kappa shape index (κ3) is 5.35. The smallest absolute Gasteiger partial charge is 0.341 e. The van der Waals surface area contributed by atoms with Gasteiger partial charge in [0.2, 0.25) is 5.91 Å². The Morgan fingerprint density at radius 3 is 2.30 bits per heavy atom. The summed E-state index contributed by atoms with van der Waals surface area (Å²) in [7, 11) is 3.01. The summed E-state index contributed by atoms with van der Waals surface area (Å²) in [5, 5.41) is 5.32. The van der Waals surface area contributed by atoms with Gasteiger partial charge in [-0.3, -0.25) is 9.69 Å². The molecule has 1 aliphatic rings. The van der Waals surface area contributed by atoms with Crippen LogP contribution in [0.3, 0.4) is 0 Å². The number of nitrogens with one attached hydrogen (secondary N) is 1. The van der Waals surface area contributed by atoms with Gasteiger partial charge in [0.1, 0.15) is 16.3 Å². The van der Waals surface area contributed by atoms with Gasteiger partial charge in [0.25, 0.3) is 0 Å². The Balaban J connectivity index is 1.37. The maximum absolute atomic E-state index is 12.8. The van der Waals surface area contributed by atoms with Crippen LogP contribution in [0.2, 0.25) is 0 Å². The predicted molar refractivity (Wildman–Crippen MR) is 131 cm³/mol. The fraction of sp³-hybridized carbons (Fsp3) is 0.280. The van der Waals surface area contributed by atoms with Crippen LogP contribution in [-0.2, 0) is 9.53 Å². The van der Waals surface area contributed by atoms with Crippen molar-refractivity contribution in [3.05, 3.63) is 65.5 Å². The summed E-state index contributed by atoms with van der Waals surface area (Å²) in [4.78, 5) is 29.7. The van der Waals surface area contributed by atoms with E-state index in [2.05, 4.69) is 27.2 Å². The molecule has 1 aliphatic heterocycles. The molecule has 33 heavy (non-hydrogen) atoms. The molecule has 0 spiro atoms. The molecule has 1 aromatic heterocycles. The number of nitrogens with zero attached hydrogens (tertiary/aromatic N) is 2. The molecule has 172 valence electrons. The van der Waals surface area contributed by atoms with Crippen molar-refractivity contribution >= 4 is 33.9 Å². The fourth-order valence-corrected chi connectivity index (χ4v) is 4.88. The number of rotatable bonds is 7. The second kappa shape index (κ2) is 10.5. The van der Waals surface area contributed by atoms with Crippen molar-refractivity contribution in [2.75, 3.05) is 57.2 Å². The van der Waals surface area contributed by atoms with Gasteiger partial charge in [0, 0.05) is 42.8 Å². The molecule has 0 bridgehead atoms. The number of thiophene rings is 1. The van der Waals surface area contributed by atoms with Crippen LogP contribution in [0.15, 0.2) is 60.0 Å². The molecule has 0 saturated carbocycles. The van der Waals surface area contributed by atoms with Crippen molar-refractivity contribution in [2.24, 2.45) is 0 Å². The lowest BCUT2D eigenvalue weighted by Crippen LogP contribution is -2.48. The van der Waals surface area contributed by atoms with Gasteiger partial charge in [-0.1, -0.05) is 30.3 Å². The van der Waals surface area contributed by atoms with E-state index in [0.29, 0.717) is 10.6 Å². The van der Waals surface area contributed by atoms with E-state index in [4.69, 9.17) is 9.47 Å². The molecule has 3 aromatic rings. The van der Waals surface area contributed by atoms with Crippen LogP contribution in [0.5, 0.6) is 5.75 Å². The number of piperazine rings is 1. The molecule has 1 saturated heterocycles. The van der Waals surface area contributed by atoms with Crippen molar-refractivity contribution in [2.45, 2.75) is 0 Å². The van der Waals surface area contributed by atoms with Gasteiger partial charge < -0.3 is 19.7 Å². The van der Waals surface area contributed by atoms with Gasteiger partial charge >= 0.3 is 5.97 Å². The molecule has 0 atom stereocenters. The zero-order chi connectivity index (χ0) is 23.2. The molecule has 2 aromatic carbocycles. The van der Waals surface area contributed by atoms with E-state index in [1.54, 1.807) is 7.11 Å². The first-order valence-electron chi connectivity index (χ1n) is 10.8. The maximum atomic E-state index is 12.8. The molecular formula is C25H27N3O4S. The first-order valence-corrected chi connectivity index (χ1v) is 11.6. The lowest BCUT2D eigenvalue weighted by Gasteiger charge is -2.35. The lowest BCUT2D eigenvalue weighted by atomic mass is 10.0. The minimum Gasteiger partial charge on any atom is -0.497 e. The van der Waals surface area contributed by atoms with Crippen molar-refractivity contribution in [1.82, 2.24) is 4.90 Å². The summed E-state index contributed by atoms with van der Waals surface area (Å²) in [5.41, 5.74) is 3.21. The molecule has 7 nitrogen and oxygen atoms in total. The average molecular weight is 466 g/mol. The Kier molecular flexibility index (Phi) is 7.26. The van der Waals surface area contributed by atoms with Crippen LogP contribution in [0.1, 0.15) is 10.4 Å². The monoisotopic (exact) mass is 465 g/mol. The van der Waals surface area contributed by atoms with Crippen LogP contribution < -0.4 is 15.0 Å². The summed E-state index contributed by atoms with van der Waals surface area (Å²) in [6.45, 7) is 3.51. The average Bonchev–Trinajstić information content (AvgIpc) is 3.28. The van der Waals surface area contributed by atoms with E-state index < -0.39 is 5.97 Å². The number of ether oxygens (including phenoxy) is 2. The highest BCUT2D eigenvalue weighted by Crippen LogP contribution is 2.36. The van der Waals surface area contributed by atoms with Crippen molar-refractivity contribution < 1.29 is 19.1 Å². The van der Waals surface area contributed by atoms with Crippen LogP contribution in [-0.4, -0.2) is 63.7 Å². The van der Waals surface area contributed by atoms with Gasteiger partial charge in [-0.25, -0.2) is 4.79 Å². The van der Waals surface area contributed by atoms with Gasteiger partial charge in [-0.2, -0.15) is 0 Å². The summed E-state index contributed by atoms with van der Waals surface area (Å²) in [6, 6.07) is 17.6. The van der Waals surface area contributed by atoms with E-state index in [1.165, 1.54) is 18.4 Å². The first kappa shape index (κ1) is 22.8. The summed E-state index contributed by atoms with van der Waals surface area (Å²) in [6.07, 6.45) is 0. The van der Waals surface area contributed by atoms with E-state index in [-0.39, 0.29) is 12.5 Å². The molecule has 2 heterocycles. The minimum absolute atomic E-state index is 0.139. The molecule has 1 amide bonds. The number of hydrogen-bond donors (Lipinski definition) is 1. The minimum atomic E-state index is -0.460. The standard InChI is InChI=1S/C25H27N3O4S/c1-31-20-10-8-19(9-11-20)28-14-12-27(13-15-28)16-22(29)26-24-23(25(30)32-2)21(17-33-24)18-6-4-3-5-7-18/h3-11,17H,12-16H2,1-2H3,(H,26,29). The highest BCUT2D eigenvalue weighted by atomic mass is 32.1. The van der Waals surface area contributed by atoms with Crippen LogP contribution in [0, 0.1) is 0 Å². The summed E-state index contributed by atoms with van der Waals surface area (Å²) >= 11 is 1.34. The Morgan fingerprint density at radius 2 is 1.67 bits per heavy atom. The van der Waals surface area contributed by atoms with E-state index in [9.17, 15) is 9.59 Å². The molecule has 1 N–H and O–H groups in total. The maximum Gasteiger partial charge on any atom is 0.341 e. The van der Waals surface area contributed by atoms with Gasteiger partial charge in [0.15, 0.2) is 0 Å². The quantitative estimate of drug-likeness (QED) is 0.533. The summed E-state index contributed by atoms with van der Waals surface area (Å²) in [5.74, 6) is 0.238. The van der Waals surface area contributed by atoms with Crippen molar-refractivity contribution in [3.63, 3.8) is 0 Å². The number of carbonyl (C=O) groups is 2. The normalized spacial score (nSPS) is 14.1. The third-order valence-corrected chi connectivity index (χ3v) is 6.59. The number of amides is 1.